The molecule has 1 amide bonds. The summed E-state index contributed by atoms with van der Waals surface area (Å²) in [5.74, 6) is -2.24. The molecule has 2 aromatic carbocycles. The largest absolute Gasteiger partial charge is 0.469 e. The Morgan fingerprint density at radius 2 is 1.48 bits per heavy atom. The van der Waals surface area contributed by atoms with Gasteiger partial charge in [0.25, 0.3) is 0 Å². The highest BCUT2D eigenvalue weighted by Gasteiger charge is 2.29. The number of hydrogen-bond acceptors (Lipinski definition) is 5. The van der Waals surface area contributed by atoms with Gasteiger partial charge in [0.05, 0.1) is 26.6 Å². The lowest BCUT2D eigenvalue weighted by molar-refractivity contribution is -0.145. The molecule has 2 atom stereocenters. The van der Waals surface area contributed by atoms with Gasteiger partial charge in [0, 0.05) is 6.42 Å². The Morgan fingerprint density at radius 3 is 2.04 bits per heavy atom. The van der Waals surface area contributed by atoms with E-state index in [9.17, 15) is 14.4 Å². The van der Waals surface area contributed by atoms with Gasteiger partial charge in [-0.3, -0.25) is 9.59 Å². The van der Waals surface area contributed by atoms with Gasteiger partial charge in [-0.15, -0.1) is 0 Å². The minimum absolute atomic E-state index is 0.119. The van der Waals surface area contributed by atoms with Crippen molar-refractivity contribution in [1.29, 1.82) is 0 Å². The van der Waals surface area contributed by atoms with Gasteiger partial charge in [-0.25, -0.2) is 4.79 Å². The maximum atomic E-state index is 12.9. The van der Waals surface area contributed by atoms with Crippen LogP contribution in [0, 0.1) is 0 Å². The van der Waals surface area contributed by atoms with E-state index < -0.39 is 29.8 Å². The number of amides is 1. The number of benzene rings is 2. The van der Waals surface area contributed by atoms with E-state index in [-0.39, 0.29) is 6.42 Å². The number of ether oxygens (including phenoxy) is 2. The molecule has 142 valence electrons. The van der Waals surface area contributed by atoms with Crippen molar-refractivity contribution in [1.82, 2.24) is 5.32 Å². The summed E-state index contributed by atoms with van der Waals surface area (Å²) in [7, 11) is 2.55. The first-order chi connectivity index (χ1) is 13.0. The molecular formula is C21H23NO5. The van der Waals surface area contributed by atoms with Gasteiger partial charge in [-0.05, 0) is 11.1 Å². The van der Waals surface area contributed by atoms with Crippen LogP contribution in [0.1, 0.15) is 23.5 Å². The Labute approximate surface area is 158 Å². The second kappa shape index (κ2) is 10.1. The lowest BCUT2D eigenvalue weighted by Crippen LogP contribution is -2.45. The quantitative estimate of drug-likeness (QED) is 0.722. The van der Waals surface area contributed by atoms with Crippen molar-refractivity contribution in [3.05, 3.63) is 71.8 Å². The van der Waals surface area contributed by atoms with Crippen LogP contribution in [0.4, 0.5) is 0 Å². The lowest BCUT2D eigenvalue weighted by Gasteiger charge is -2.21. The molecule has 0 heterocycles. The monoisotopic (exact) mass is 369 g/mol. The van der Waals surface area contributed by atoms with Crippen molar-refractivity contribution in [2.75, 3.05) is 14.2 Å². The fourth-order valence-electron chi connectivity index (χ4n) is 2.75. The van der Waals surface area contributed by atoms with Crippen molar-refractivity contribution >= 4 is 17.8 Å². The Kier molecular flexibility index (Phi) is 7.55. The molecule has 0 aliphatic carbocycles. The third-order valence-electron chi connectivity index (χ3n) is 4.20. The number of carbonyl (C=O) groups excluding carboxylic acids is 3. The van der Waals surface area contributed by atoms with Gasteiger partial charge in [0.1, 0.15) is 6.04 Å². The molecule has 0 spiro atoms. The highest BCUT2D eigenvalue weighted by molar-refractivity contribution is 5.91. The van der Waals surface area contributed by atoms with E-state index in [1.54, 1.807) is 24.3 Å². The van der Waals surface area contributed by atoms with Crippen LogP contribution >= 0.6 is 0 Å². The summed E-state index contributed by atoms with van der Waals surface area (Å²) >= 11 is 0. The molecule has 0 radical (unpaired) electrons. The topological polar surface area (TPSA) is 81.7 Å². The zero-order valence-electron chi connectivity index (χ0n) is 15.4. The number of carbonyl (C=O) groups is 3. The normalized spacial score (nSPS) is 12.5. The summed E-state index contributed by atoms with van der Waals surface area (Å²) in [6.07, 6.45) is 0.171. The number of nitrogens with one attached hydrogen (secondary N) is 1. The molecule has 6 heteroatoms. The average Bonchev–Trinajstić information content (AvgIpc) is 2.71. The molecular weight excluding hydrogens is 346 g/mol. The zero-order valence-corrected chi connectivity index (χ0v) is 15.4. The van der Waals surface area contributed by atoms with Gasteiger partial charge in [-0.1, -0.05) is 60.7 Å². The summed E-state index contributed by atoms with van der Waals surface area (Å²) < 4.78 is 9.54. The summed E-state index contributed by atoms with van der Waals surface area (Å²) in [6.45, 7) is 0. The highest BCUT2D eigenvalue weighted by atomic mass is 16.5. The smallest absolute Gasteiger partial charge is 0.328 e. The Morgan fingerprint density at radius 1 is 0.889 bits per heavy atom. The first-order valence-corrected chi connectivity index (χ1v) is 8.59. The third kappa shape index (κ3) is 5.95. The highest BCUT2D eigenvalue weighted by Crippen LogP contribution is 2.21. The fourth-order valence-corrected chi connectivity index (χ4v) is 2.75. The van der Waals surface area contributed by atoms with Crippen molar-refractivity contribution in [2.24, 2.45) is 0 Å². The van der Waals surface area contributed by atoms with Crippen LogP contribution in [0.25, 0.3) is 0 Å². The van der Waals surface area contributed by atoms with Crippen LogP contribution in [-0.2, 0) is 30.3 Å². The molecule has 0 unspecified atom stereocenters. The van der Waals surface area contributed by atoms with E-state index >= 15 is 0 Å². The van der Waals surface area contributed by atoms with Gasteiger partial charge in [-0.2, -0.15) is 0 Å². The molecule has 0 aliphatic rings. The predicted molar refractivity (Wildman–Crippen MR) is 99.9 cm³/mol. The maximum Gasteiger partial charge on any atom is 0.328 e. The molecule has 2 aromatic rings. The van der Waals surface area contributed by atoms with Crippen LogP contribution in [0.2, 0.25) is 0 Å². The maximum absolute atomic E-state index is 12.9. The van der Waals surface area contributed by atoms with E-state index in [0.29, 0.717) is 12.0 Å². The van der Waals surface area contributed by atoms with Crippen LogP contribution in [0.15, 0.2) is 60.7 Å². The first kappa shape index (κ1) is 20.2. The SMILES string of the molecule is COC(=O)C[C@H](C(=O)N[C@@H](Cc1ccccc1)C(=O)OC)c1ccccc1. The molecule has 6 nitrogen and oxygen atoms in total. The number of esters is 2. The Bertz CT molecular complexity index is 761. The van der Waals surface area contributed by atoms with E-state index in [1.165, 1.54) is 14.2 Å². The summed E-state index contributed by atoms with van der Waals surface area (Å²) in [6, 6.07) is 17.4. The molecule has 2 rings (SSSR count). The van der Waals surface area contributed by atoms with Crippen molar-refractivity contribution in [2.45, 2.75) is 24.8 Å². The molecule has 0 aliphatic heterocycles. The minimum Gasteiger partial charge on any atom is -0.469 e. The molecule has 0 fully saturated rings. The van der Waals surface area contributed by atoms with Gasteiger partial charge >= 0.3 is 11.9 Å². The Hall–Kier alpha value is -3.15. The molecule has 0 bridgehead atoms. The van der Waals surface area contributed by atoms with Crippen molar-refractivity contribution in [3.63, 3.8) is 0 Å². The molecule has 0 aromatic heterocycles. The standard InChI is InChI=1S/C21H23NO5/c1-26-19(23)14-17(16-11-7-4-8-12-16)20(24)22-18(21(25)27-2)13-15-9-5-3-6-10-15/h3-12,17-18H,13-14H2,1-2H3,(H,22,24)/t17-,18-/m0/s1. The van der Waals surface area contributed by atoms with Crippen LogP contribution in [0.3, 0.4) is 0 Å². The van der Waals surface area contributed by atoms with Crippen LogP contribution in [0.5, 0.6) is 0 Å². The van der Waals surface area contributed by atoms with Crippen LogP contribution < -0.4 is 5.32 Å². The van der Waals surface area contributed by atoms with E-state index in [0.717, 1.165) is 5.56 Å². The number of rotatable bonds is 8. The number of methoxy groups -OCH3 is 2. The van der Waals surface area contributed by atoms with Crippen molar-refractivity contribution in [3.8, 4) is 0 Å². The zero-order chi connectivity index (χ0) is 19.6. The summed E-state index contributed by atoms with van der Waals surface area (Å²) in [5, 5.41) is 2.72. The van der Waals surface area contributed by atoms with E-state index in [1.807, 2.05) is 36.4 Å². The van der Waals surface area contributed by atoms with Gasteiger partial charge in [0.2, 0.25) is 5.91 Å². The second-order valence-corrected chi connectivity index (χ2v) is 6.02. The number of hydrogen-bond donors (Lipinski definition) is 1. The van der Waals surface area contributed by atoms with Gasteiger partial charge in [0.15, 0.2) is 0 Å². The summed E-state index contributed by atoms with van der Waals surface area (Å²) in [5.41, 5.74) is 1.56. The summed E-state index contributed by atoms with van der Waals surface area (Å²) in [4.78, 5) is 36.8. The lowest BCUT2D eigenvalue weighted by atomic mass is 9.94. The van der Waals surface area contributed by atoms with Gasteiger partial charge < -0.3 is 14.8 Å². The average molecular weight is 369 g/mol. The molecule has 1 N–H and O–H groups in total. The molecule has 0 saturated heterocycles. The van der Waals surface area contributed by atoms with Crippen molar-refractivity contribution < 1.29 is 23.9 Å². The van der Waals surface area contributed by atoms with E-state index in [4.69, 9.17) is 9.47 Å². The minimum atomic E-state index is -0.853. The van der Waals surface area contributed by atoms with Crippen LogP contribution in [-0.4, -0.2) is 38.1 Å². The fraction of sp³-hybridized carbons (Fsp3) is 0.286. The molecule has 27 heavy (non-hydrogen) atoms. The predicted octanol–water partition coefficient (Wildman–Crippen LogP) is 2.23. The first-order valence-electron chi connectivity index (χ1n) is 8.59. The third-order valence-corrected chi connectivity index (χ3v) is 4.20. The second-order valence-electron chi connectivity index (χ2n) is 6.02. The molecule has 0 saturated carbocycles. The Balaban J connectivity index is 2.20. The van der Waals surface area contributed by atoms with E-state index in [2.05, 4.69) is 5.32 Å².